The summed E-state index contributed by atoms with van der Waals surface area (Å²) in [6.07, 6.45) is 8.06. The largest absolute Gasteiger partial charge is 0.393 e. The Morgan fingerprint density at radius 1 is 1.24 bits per heavy atom. The number of pyridine rings is 1. The highest BCUT2D eigenvalue weighted by atomic mass is 32.2. The van der Waals surface area contributed by atoms with E-state index in [1.165, 1.54) is 0 Å². The molecule has 2 aliphatic rings. The minimum absolute atomic E-state index is 0.131. The number of carbonyl (C=O) groups excluding carboxylic acids is 1. The van der Waals surface area contributed by atoms with E-state index in [9.17, 15) is 14.1 Å². The van der Waals surface area contributed by atoms with Crippen molar-refractivity contribution >= 4 is 21.5 Å². The molecule has 2 N–H and O–H groups in total. The number of aliphatic hydroxyl groups excluding tert-OH is 1. The van der Waals surface area contributed by atoms with Crippen molar-refractivity contribution in [2.45, 2.75) is 62.3 Å². The van der Waals surface area contributed by atoms with Crippen LogP contribution in [0.2, 0.25) is 0 Å². The Balaban J connectivity index is 1.54. The van der Waals surface area contributed by atoms with Crippen molar-refractivity contribution in [1.82, 2.24) is 4.98 Å². The number of hydrogen-bond donors (Lipinski definition) is 2. The molecular weight excluding hydrogens is 338 g/mol. The van der Waals surface area contributed by atoms with Gasteiger partial charge in [-0.25, -0.2) is 9.19 Å². The lowest BCUT2D eigenvalue weighted by Crippen LogP contribution is -2.30. The van der Waals surface area contributed by atoms with Gasteiger partial charge in [0.15, 0.2) is 0 Å². The standard InChI is InChI=1S/C18H27N3O3S/c1-25(24,16-10-9-15(22)12-16)21-18(23)13-5-7-14(8-6-13)20-17-4-2-3-11-19-17/h2-4,11,13-16,22H,5-10,12H2,1H3,(H,19,20). The van der Waals surface area contributed by atoms with Crippen LogP contribution in [-0.4, -0.2) is 43.9 Å². The molecule has 0 aromatic carbocycles. The van der Waals surface area contributed by atoms with Crippen molar-refractivity contribution < 1.29 is 14.1 Å². The van der Waals surface area contributed by atoms with Gasteiger partial charge in [0.2, 0.25) is 0 Å². The molecule has 1 amide bonds. The summed E-state index contributed by atoms with van der Waals surface area (Å²) in [4.78, 5) is 16.7. The normalized spacial score (nSPS) is 31.9. The fourth-order valence-corrected chi connectivity index (χ4v) is 5.59. The molecule has 1 aromatic heterocycles. The average molecular weight is 365 g/mol. The Bertz CT molecular complexity index is 708. The van der Waals surface area contributed by atoms with E-state index in [4.69, 9.17) is 0 Å². The molecule has 3 rings (SSSR count). The van der Waals surface area contributed by atoms with Crippen molar-refractivity contribution in [2.24, 2.45) is 10.3 Å². The summed E-state index contributed by atoms with van der Waals surface area (Å²) in [5.41, 5.74) is 0. The second-order valence-electron chi connectivity index (χ2n) is 7.29. The zero-order chi connectivity index (χ0) is 17.9. The van der Waals surface area contributed by atoms with E-state index in [2.05, 4.69) is 14.7 Å². The summed E-state index contributed by atoms with van der Waals surface area (Å²) in [6, 6.07) is 6.08. The summed E-state index contributed by atoms with van der Waals surface area (Å²) in [5, 5.41) is 12.9. The number of anilines is 1. The molecule has 2 saturated carbocycles. The first-order chi connectivity index (χ1) is 11.9. The number of aliphatic hydroxyl groups is 1. The molecule has 1 heterocycles. The van der Waals surface area contributed by atoms with E-state index >= 15 is 0 Å². The van der Waals surface area contributed by atoms with Gasteiger partial charge in [-0.05, 0) is 57.1 Å². The Hall–Kier alpha value is -1.47. The molecule has 0 aliphatic heterocycles. The van der Waals surface area contributed by atoms with E-state index in [1.54, 1.807) is 12.5 Å². The first-order valence-corrected chi connectivity index (χ1v) is 11.0. The first-order valence-electron chi connectivity index (χ1n) is 9.04. The molecule has 138 valence electrons. The first kappa shape index (κ1) is 18.3. The Labute approximate surface area is 149 Å². The lowest BCUT2D eigenvalue weighted by Gasteiger charge is -2.28. The van der Waals surface area contributed by atoms with Crippen LogP contribution in [-0.2, 0) is 14.5 Å². The van der Waals surface area contributed by atoms with Crippen LogP contribution in [0.5, 0.6) is 0 Å². The number of rotatable bonds is 4. The van der Waals surface area contributed by atoms with Crippen LogP contribution in [0.15, 0.2) is 28.8 Å². The molecule has 0 saturated heterocycles. The number of nitrogens with one attached hydrogen (secondary N) is 1. The summed E-state index contributed by atoms with van der Waals surface area (Å²) in [7, 11) is -2.56. The molecule has 1 aromatic rings. The molecule has 0 bridgehead atoms. The summed E-state index contributed by atoms with van der Waals surface area (Å²) in [5.74, 6) is 0.511. The highest BCUT2D eigenvalue weighted by Gasteiger charge is 2.32. The third-order valence-corrected chi connectivity index (χ3v) is 7.55. The van der Waals surface area contributed by atoms with Gasteiger partial charge in [-0.15, -0.1) is 0 Å². The molecule has 7 heteroatoms. The molecule has 0 spiro atoms. The van der Waals surface area contributed by atoms with Crippen LogP contribution in [0.25, 0.3) is 0 Å². The van der Waals surface area contributed by atoms with Crippen LogP contribution < -0.4 is 5.32 Å². The fraction of sp³-hybridized carbons (Fsp3) is 0.667. The average Bonchev–Trinajstić information content (AvgIpc) is 3.03. The van der Waals surface area contributed by atoms with E-state index in [0.717, 1.165) is 31.5 Å². The SMILES string of the molecule is CS(=O)(=NC(=O)C1CCC(Nc2ccccn2)CC1)C1CCC(O)C1. The van der Waals surface area contributed by atoms with E-state index in [1.807, 2.05) is 18.2 Å². The van der Waals surface area contributed by atoms with Crippen molar-refractivity contribution in [2.75, 3.05) is 11.6 Å². The van der Waals surface area contributed by atoms with Gasteiger partial charge in [-0.1, -0.05) is 6.07 Å². The van der Waals surface area contributed by atoms with Crippen LogP contribution >= 0.6 is 0 Å². The molecule has 25 heavy (non-hydrogen) atoms. The van der Waals surface area contributed by atoms with Crippen LogP contribution in [0, 0.1) is 5.92 Å². The van der Waals surface area contributed by atoms with Crippen molar-refractivity contribution in [3.05, 3.63) is 24.4 Å². The molecule has 0 radical (unpaired) electrons. The predicted molar refractivity (Wildman–Crippen MR) is 98.8 cm³/mol. The summed E-state index contributed by atoms with van der Waals surface area (Å²) in [6.45, 7) is 0. The van der Waals surface area contributed by atoms with Gasteiger partial charge in [0.05, 0.1) is 15.8 Å². The van der Waals surface area contributed by atoms with Crippen molar-refractivity contribution in [3.8, 4) is 0 Å². The zero-order valence-electron chi connectivity index (χ0n) is 14.6. The second-order valence-corrected chi connectivity index (χ2v) is 9.86. The monoisotopic (exact) mass is 365 g/mol. The molecule has 2 aliphatic carbocycles. The fourth-order valence-electron chi connectivity index (χ4n) is 3.78. The highest BCUT2D eigenvalue weighted by Crippen LogP contribution is 2.30. The maximum absolute atomic E-state index is 12.8. The molecule has 3 unspecified atom stereocenters. The van der Waals surface area contributed by atoms with E-state index in [-0.39, 0.29) is 17.1 Å². The van der Waals surface area contributed by atoms with Gasteiger partial charge >= 0.3 is 0 Å². The van der Waals surface area contributed by atoms with Crippen LogP contribution in [0.3, 0.4) is 0 Å². The Morgan fingerprint density at radius 2 is 2.00 bits per heavy atom. The van der Waals surface area contributed by atoms with Crippen LogP contribution in [0.1, 0.15) is 44.9 Å². The topological polar surface area (TPSA) is 91.7 Å². The third kappa shape index (κ3) is 4.79. The summed E-state index contributed by atoms with van der Waals surface area (Å²) >= 11 is 0. The number of aromatic nitrogens is 1. The van der Waals surface area contributed by atoms with Crippen molar-refractivity contribution in [1.29, 1.82) is 0 Å². The van der Waals surface area contributed by atoms with Gasteiger partial charge in [-0.2, -0.15) is 4.36 Å². The van der Waals surface area contributed by atoms with Gasteiger partial charge < -0.3 is 10.4 Å². The van der Waals surface area contributed by atoms with Crippen LogP contribution in [0.4, 0.5) is 5.82 Å². The molecule has 3 atom stereocenters. The lowest BCUT2D eigenvalue weighted by molar-refractivity contribution is -0.122. The molecular formula is C18H27N3O3S. The number of nitrogens with zero attached hydrogens (tertiary/aromatic N) is 2. The lowest BCUT2D eigenvalue weighted by atomic mass is 9.85. The Morgan fingerprint density at radius 3 is 2.60 bits per heavy atom. The number of amides is 1. The van der Waals surface area contributed by atoms with Gasteiger partial charge in [0.1, 0.15) is 5.82 Å². The van der Waals surface area contributed by atoms with Gasteiger partial charge in [-0.3, -0.25) is 4.79 Å². The summed E-state index contributed by atoms with van der Waals surface area (Å²) < 4.78 is 16.9. The molecule has 2 fully saturated rings. The minimum atomic E-state index is -2.56. The number of hydrogen-bond acceptors (Lipinski definition) is 5. The van der Waals surface area contributed by atoms with Gasteiger partial charge in [0, 0.05) is 29.7 Å². The maximum Gasteiger partial charge on any atom is 0.256 e. The smallest absolute Gasteiger partial charge is 0.256 e. The van der Waals surface area contributed by atoms with E-state index in [0.29, 0.717) is 25.3 Å². The quantitative estimate of drug-likeness (QED) is 0.856. The maximum atomic E-state index is 12.8. The molecule has 6 nitrogen and oxygen atoms in total. The predicted octanol–water partition coefficient (Wildman–Crippen LogP) is 2.59. The van der Waals surface area contributed by atoms with Crippen molar-refractivity contribution in [3.63, 3.8) is 0 Å². The third-order valence-electron chi connectivity index (χ3n) is 5.34. The number of carbonyl (C=O) groups is 1. The van der Waals surface area contributed by atoms with E-state index < -0.39 is 15.8 Å². The minimum Gasteiger partial charge on any atom is -0.393 e. The highest BCUT2D eigenvalue weighted by molar-refractivity contribution is 7.93. The second kappa shape index (κ2) is 7.83. The zero-order valence-corrected chi connectivity index (χ0v) is 15.5. The Kier molecular flexibility index (Phi) is 5.74. The van der Waals surface area contributed by atoms with Gasteiger partial charge in [0.25, 0.3) is 5.91 Å².